The Hall–Kier alpha value is -2.18. The molecule has 98 valence electrons. The summed E-state index contributed by atoms with van der Waals surface area (Å²) in [6, 6.07) is 1.82. The molecule has 0 spiro atoms. The van der Waals surface area contributed by atoms with Crippen LogP contribution in [0.4, 0.5) is 15.8 Å². The molecule has 0 heterocycles. The number of nitrogens with two attached hydrogens (primary N) is 1. The van der Waals surface area contributed by atoms with Crippen molar-refractivity contribution in [3.8, 4) is 0 Å². The highest BCUT2D eigenvalue weighted by Crippen LogP contribution is 2.28. The SMILES string of the molecule is CCCN(C)C(=O)c1c(F)ccc([N+](=O)[O-])c1N. The van der Waals surface area contributed by atoms with Crippen LogP contribution in [0.5, 0.6) is 0 Å². The van der Waals surface area contributed by atoms with Crippen LogP contribution in [0.3, 0.4) is 0 Å². The molecule has 0 aromatic heterocycles. The number of hydrogen-bond donors (Lipinski definition) is 1. The summed E-state index contributed by atoms with van der Waals surface area (Å²) in [5.41, 5.74) is 4.14. The van der Waals surface area contributed by atoms with Crippen molar-refractivity contribution in [2.24, 2.45) is 0 Å². The molecule has 0 saturated carbocycles. The lowest BCUT2D eigenvalue weighted by Crippen LogP contribution is -2.29. The molecule has 0 atom stereocenters. The van der Waals surface area contributed by atoms with Gasteiger partial charge in [0.05, 0.1) is 4.92 Å². The standard InChI is InChI=1S/C11H14FN3O3/c1-3-6-14(2)11(16)9-7(12)4-5-8(10(9)13)15(17)18/h4-5H,3,6,13H2,1-2H3. The first-order chi connectivity index (χ1) is 8.40. The molecule has 1 amide bonds. The Balaban J connectivity index is 3.27. The third kappa shape index (κ3) is 2.55. The summed E-state index contributed by atoms with van der Waals surface area (Å²) in [5.74, 6) is -1.51. The minimum Gasteiger partial charge on any atom is -0.392 e. The summed E-state index contributed by atoms with van der Waals surface area (Å²) in [4.78, 5) is 23.1. The van der Waals surface area contributed by atoms with Crippen LogP contribution in [0, 0.1) is 15.9 Å². The molecular weight excluding hydrogens is 241 g/mol. The van der Waals surface area contributed by atoms with Gasteiger partial charge in [-0.2, -0.15) is 0 Å². The topological polar surface area (TPSA) is 89.5 Å². The first-order valence-corrected chi connectivity index (χ1v) is 5.38. The van der Waals surface area contributed by atoms with E-state index in [0.717, 1.165) is 12.1 Å². The molecule has 18 heavy (non-hydrogen) atoms. The highest BCUT2D eigenvalue weighted by Gasteiger charge is 2.25. The van der Waals surface area contributed by atoms with Crippen molar-refractivity contribution in [1.82, 2.24) is 4.90 Å². The lowest BCUT2D eigenvalue weighted by atomic mass is 10.1. The van der Waals surface area contributed by atoms with E-state index in [9.17, 15) is 19.3 Å². The van der Waals surface area contributed by atoms with Crippen LogP contribution in [0.2, 0.25) is 0 Å². The van der Waals surface area contributed by atoms with Gasteiger partial charge in [0.25, 0.3) is 11.6 Å². The molecule has 6 nitrogen and oxygen atoms in total. The highest BCUT2D eigenvalue weighted by molar-refractivity contribution is 6.01. The summed E-state index contributed by atoms with van der Waals surface area (Å²) in [7, 11) is 1.49. The Morgan fingerprint density at radius 2 is 2.17 bits per heavy atom. The number of benzene rings is 1. The minimum atomic E-state index is -0.856. The molecule has 1 aromatic carbocycles. The van der Waals surface area contributed by atoms with E-state index in [1.54, 1.807) is 0 Å². The highest BCUT2D eigenvalue weighted by atomic mass is 19.1. The number of carbonyl (C=O) groups excluding carboxylic acids is 1. The van der Waals surface area contributed by atoms with Gasteiger partial charge in [0.1, 0.15) is 17.1 Å². The van der Waals surface area contributed by atoms with E-state index in [2.05, 4.69) is 0 Å². The Morgan fingerprint density at radius 1 is 1.56 bits per heavy atom. The van der Waals surface area contributed by atoms with Crippen molar-refractivity contribution < 1.29 is 14.1 Å². The van der Waals surface area contributed by atoms with Gasteiger partial charge < -0.3 is 10.6 Å². The van der Waals surface area contributed by atoms with Gasteiger partial charge in [0.15, 0.2) is 0 Å². The monoisotopic (exact) mass is 255 g/mol. The van der Waals surface area contributed by atoms with Gasteiger partial charge in [-0.05, 0) is 12.5 Å². The van der Waals surface area contributed by atoms with Crippen LogP contribution in [0.25, 0.3) is 0 Å². The van der Waals surface area contributed by atoms with Crippen molar-refractivity contribution in [1.29, 1.82) is 0 Å². The smallest absolute Gasteiger partial charge is 0.293 e. The maximum absolute atomic E-state index is 13.6. The van der Waals surface area contributed by atoms with E-state index >= 15 is 0 Å². The Bertz CT molecular complexity index is 491. The number of rotatable bonds is 4. The number of amides is 1. The summed E-state index contributed by atoms with van der Waals surface area (Å²) in [6.45, 7) is 2.28. The molecule has 1 aromatic rings. The van der Waals surface area contributed by atoms with Crippen LogP contribution >= 0.6 is 0 Å². The number of hydrogen-bond acceptors (Lipinski definition) is 4. The Labute approximate surface area is 103 Å². The van der Waals surface area contributed by atoms with Crippen molar-refractivity contribution >= 4 is 17.3 Å². The predicted octanol–water partition coefficient (Wildman–Crippen LogP) is 1.80. The van der Waals surface area contributed by atoms with E-state index < -0.39 is 33.6 Å². The Kier molecular flexibility index (Phi) is 4.19. The average Bonchev–Trinajstić information content (AvgIpc) is 2.28. The zero-order valence-electron chi connectivity index (χ0n) is 10.1. The summed E-state index contributed by atoms with van der Waals surface area (Å²) < 4.78 is 13.6. The van der Waals surface area contributed by atoms with E-state index in [1.807, 2.05) is 6.92 Å². The van der Waals surface area contributed by atoms with Crippen LogP contribution in [0.1, 0.15) is 23.7 Å². The molecule has 0 aliphatic rings. The van der Waals surface area contributed by atoms with Gasteiger partial charge in [-0.3, -0.25) is 14.9 Å². The number of anilines is 1. The molecule has 2 N–H and O–H groups in total. The van der Waals surface area contributed by atoms with Gasteiger partial charge in [-0.15, -0.1) is 0 Å². The quantitative estimate of drug-likeness (QED) is 0.504. The molecule has 0 saturated heterocycles. The Morgan fingerprint density at radius 3 is 2.67 bits per heavy atom. The first kappa shape index (κ1) is 13.9. The fourth-order valence-corrected chi connectivity index (χ4v) is 1.59. The van der Waals surface area contributed by atoms with Crippen molar-refractivity contribution in [2.45, 2.75) is 13.3 Å². The summed E-state index contributed by atoms with van der Waals surface area (Å²) >= 11 is 0. The van der Waals surface area contributed by atoms with E-state index in [1.165, 1.54) is 11.9 Å². The van der Waals surface area contributed by atoms with E-state index in [0.29, 0.717) is 13.0 Å². The predicted molar refractivity (Wildman–Crippen MR) is 64.7 cm³/mol. The van der Waals surface area contributed by atoms with Gasteiger partial charge in [0.2, 0.25) is 0 Å². The second-order valence-corrected chi connectivity index (χ2v) is 3.84. The van der Waals surface area contributed by atoms with Gasteiger partial charge in [0, 0.05) is 19.7 Å². The van der Waals surface area contributed by atoms with Crippen molar-refractivity contribution in [3.63, 3.8) is 0 Å². The second kappa shape index (κ2) is 5.44. The van der Waals surface area contributed by atoms with Gasteiger partial charge in [-0.1, -0.05) is 6.92 Å². The minimum absolute atomic E-state index is 0.417. The van der Waals surface area contributed by atoms with Crippen molar-refractivity contribution in [2.75, 3.05) is 19.3 Å². The third-order valence-corrected chi connectivity index (χ3v) is 2.49. The first-order valence-electron chi connectivity index (χ1n) is 5.38. The maximum atomic E-state index is 13.6. The number of halogens is 1. The zero-order valence-corrected chi connectivity index (χ0v) is 10.1. The summed E-state index contributed by atoms with van der Waals surface area (Å²) in [6.07, 6.45) is 0.693. The molecule has 0 unspecified atom stereocenters. The molecular formula is C11H14FN3O3. The second-order valence-electron chi connectivity index (χ2n) is 3.84. The lowest BCUT2D eigenvalue weighted by molar-refractivity contribution is -0.384. The number of nitrogen functional groups attached to an aromatic ring is 1. The van der Waals surface area contributed by atoms with Crippen LogP contribution in [0.15, 0.2) is 12.1 Å². The van der Waals surface area contributed by atoms with Crippen LogP contribution < -0.4 is 5.73 Å². The fraction of sp³-hybridized carbons (Fsp3) is 0.364. The summed E-state index contributed by atoms with van der Waals surface area (Å²) in [5, 5.41) is 10.7. The molecule has 0 fully saturated rings. The lowest BCUT2D eigenvalue weighted by Gasteiger charge is -2.17. The normalized spacial score (nSPS) is 10.2. The fourth-order valence-electron chi connectivity index (χ4n) is 1.59. The molecule has 0 aliphatic carbocycles. The largest absolute Gasteiger partial charge is 0.392 e. The number of nitro groups is 1. The zero-order chi connectivity index (χ0) is 13.9. The molecule has 0 radical (unpaired) electrons. The van der Waals surface area contributed by atoms with Crippen molar-refractivity contribution in [3.05, 3.63) is 33.6 Å². The van der Waals surface area contributed by atoms with E-state index in [4.69, 9.17) is 5.73 Å². The molecule has 1 rings (SSSR count). The average molecular weight is 255 g/mol. The van der Waals surface area contributed by atoms with Gasteiger partial charge >= 0.3 is 0 Å². The molecule has 7 heteroatoms. The third-order valence-electron chi connectivity index (χ3n) is 2.49. The van der Waals surface area contributed by atoms with E-state index in [-0.39, 0.29) is 0 Å². The molecule has 0 bridgehead atoms. The number of nitrogens with zero attached hydrogens (tertiary/aromatic N) is 2. The number of carbonyl (C=O) groups is 1. The van der Waals surface area contributed by atoms with Crippen LogP contribution in [-0.2, 0) is 0 Å². The molecule has 0 aliphatic heterocycles. The van der Waals surface area contributed by atoms with Crippen LogP contribution in [-0.4, -0.2) is 29.3 Å². The van der Waals surface area contributed by atoms with Gasteiger partial charge in [-0.25, -0.2) is 4.39 Å². The number of nitro benzene ring substituents is 1. The maximum Gasteiger partial charge on any atom is 0.293 e.